The standard InChI is InChI=1S/C23H29N3O3S/c27-23(25-16-14-24(15-17-25)18-20-8-3-1-4-9-20)21-10-7-13-26(19-21)30(28,29)22-11-5-2-6-12-22/h1-6,8-9,11-12,21H,7,10,13-19H2/t21-/m0/s1. The number of piperidine rings is 1. The summed E-state index contributed by atoms with van der Waals surface area (Å²) in [4.78, 5) is 17.7. The van der Waals surface area contributed by atoms with Crippen molar-refractivity contribution in [1.82, 2.24) is 14.1 Å². The van der Waals surface area contributed by atoms with Crippen LogP contribution in [0.3, 0.4) is 0 Å². The molecule has 0 radical (unpaired) electrons. The number of rotatable bonds is 5. The second-order valence-corrected chi connectivity index (χ2v) is 10.0. The predicted molar refractivity (Wildman–Crippen MR) is 116 cm³/mol. The summed E-state index contributed by atoms with van der Waals surface area (Å²) in [5, 5.41) is 0. The zero-order valence-corrected chi connectivity index (χ0v) is 18.0. The summed E-state index contributed by atoms with van der Waals surface area (Å²) >= 11 is 0. The quantitative estimate of drug-likeness (QED) is 0.735. The number of sulfonamides is 1. The van der Waals surface area contributed by atoms with E-state index in [1.54, 1.807) is 30.3 Å². The van der Waals surface area contributed by atoms with Gasteiger partial charge in [0.2, 0.25) is 15.9 Å². The third-order valence-electron chi connectivity index (χ3n) is 6.05. The number of piperazine rings is 1. The van der Waals surface area contributed by atoms with Crippen LogP contribution in [-0.4, -0.2) is 67.7 Å². The molecule has 2 aromatic carbocycles. The third-order valence-corrected chi connectivity index (χ3v) is 7.93. The van der Waals surface area contributed by atoms with Gasteiger partial charge in [0.15, 0.2) is 0 Å². The van der Waals surface area contributed by atoms with E-state index in [0.717, 1.165) is 32.5 Å². The first-order valence-corrected chi connectivity index (χ1v) is 12.1. The molecule has 2 fully saturated rings. The number of amides is 1. The van der Waals surface area contributed by atoms with Crippen LogP contribution in [0.4, 0.5) is 0 Å². The van der Waals surface area contributed by atoms with Gasteiger partial charge in [-0.05, 0) is 30.5 Å². The van der Waals surface area contributed by atoms with E-state index < -0.39 is 10.0 Å². The SMILES string of the molecule is O=C([C@H]1CCCN(S(=O)(=O)c2ccccc2)C1)N1CCN(Cc2ccccc2)CC1. The molecule has 1 amide bonds. The van der Waals surface area contributed by atoms with E-state index in [1.807, 2.05) is 23.1 Å². The van der Waals surface area contributed by atoms with Crippen molar-refractivity contribution in [3.8, 4) is 0 Å². The maximum absolute atomic E-state index is 13.1. The molecule has 2 aliphatic rings. The topological polar surface area (TPSA) is 60.9 Å². The molecule has 0 spiro atoms. The Bertz CT molecular complexity index is 942. The van der Waals surface area contributed by atoms with Gasteiger partial charge in [0.25, 0.3) is 0 Å². The lowest BCUT2D eigenvalue weighted by molar-refractivity contribution is -0.138. The molecule has 0 bridgehead atoms. The zero-order valence-electron chi connectivity index (χ0n) is 17.2. The number of nitrogens with zero attached hydrogens (tertiary/aromatic N) is 3. The van der Waals surface area contributed by atoms with Gasteiger partial charge in [-0.15, -0.1) is 0 Å². The van der Waals surface area contributed by atoms with Gasteiger partial charge in [-0.3, -0.25) is 9.69 Å². The molecule has 160 valence electrons. The fraction of sp³-hybridized carbons (Fsp3) is 0.435. The Morgan fingerprint density at radius 1 is 0.867 bits per heavy atom. The normalized spacial score (nSPS) is 21.5. The number of carbonyl (C=O) groups excluding carboxylic acids is 1. The van der Waals surface area contributed by atoms with E-state index >= 15 is 0 Å². The van der Waals surface area contributed by atoms with Crippen molar-refractivity contribution in [3.63, 3.8) is 0 Å². The van der Waals surface area contributed by atoms with E-state index in [1.165, 1.54) is 9.87 Å². The van der Waals surface area contributed by atoms with Gasteiger partial charge in [-0.25, -0.2) is 8.42 Å². The molecule has 4 rings (SSSR count). The largest absolute Gasteiger partial charge is 0.340 e. The third kappa shape index (κ3) is 4.74. The highest BCUT2D eigenvalue weighted by atomic mass is 32.2. The molecule has 30 heavy (non-hydrogen) atoms. The van der Waals surface area contributed by atoms with Crippen LogP contribution in [-0.2, 0) is 21.4 Å². The van der Waals surface area contributed by atoms with Crippen LogP contribution in [0.2, 0.25) is 0 Å². The highest BCUT2D eigenvalue weighted by Gasteiger charge is 2.35. The second kappa shape index (κ2) is 9.29. The van der Waals surface area contributed by atoms with Gasteiger partial charge in [0.1, 0.15) is 0 Å². The van der Waals surface area contributed by atoms with Gasteiger partial charge in [-0.1, -0.05) is 48.5 Å². The predicted octanol–water partition coefficient (Wildman–Crippen LogP) is 2.43. The van der Waals surface area contributed by atoms with Crippen LogP contribution in [0.15, 0.2) is 65.6 Å². The Hall–Kier alpha value is -2.22. The lowest BCUT2D eigenvalue weighted by Gasteiger charge is -2.38. The average molecular weight is 428 g/mol. The highest BCUT2D eigenvalue weighted by Crippen LogP contribution is 2.25. The molecule has 7 heteroatoms. The van der Waals surface area contributed by atoms with Crippen LogP contribution in [0.5, 0.6) is 0 Å². The minimum atomic E-state index is -3.55. The molecule has 0 unspecified atom stereocenters. The van der Waals surface area contributed by atoms with Crippen LogP contribution in [0, 0.1) is 5.92 Å². The van der Waals surface area contributed by atoms with Crippen molar-refractivity contribution in [3.05, 3.63) is 66.2 Å². The van der Waals surface area contributed by atoms with Gasteiger partial charge in [-0.2, -0.15) is 4.31 Å². The summed E-state index contributed by atoms with van der Waals surface area (Å²) in [6.45, 7) is 4.75. The molecule has 0 saturated carbocycles. The van der Waals surface area contributed by atoms with Crippen molar-refractivity contribution < 1.29 is 13.2 Å². The molecule has 2 heterocycles. The fourth-order valence-corrected chi connectivity index (χ4v) is 5.87. The van der Waals surface area contributed by atoms with Gasteiger partial charge >= 0.3 is 0 Å². The lowest BCUT2D eigenvalue weighted by Crippen LogP contribution is -2.52. The summed E-state index contributed by atoms with van der Waals surface area (Å²) in [6.07, 6.45) is 1.47. The van der Waals surface area contributed by atoms with Crippen molar-refractivity contribution in [2.75, 3.05) is 39.3 Å². The molecule has 2 aliphatic heterocycles. The van der Waals surface area contributed by atoms with Gasteiger partial charge in [0, 0.05) is 45.8 Å². The molecule has 2 aromatic rings. The van der Waals surface area contributed by atoms with Crippen LogP contribution >= 0.6 is 0 Å². The number of hydrogen-bond donors (Lipinski definition) is 0. The van der Waals surface area contributed by atoms with E-state index in [-0.39, 0.29) is 18.4 Å². The first kappa shape index (κ1) is 21.0. The molecular weight excluding hydrogens is 398 g/mol. The van der Waals surface area contributed by atoms with Gasteiger partial charge in [0.05, 0.1) is 10.8 Å². The maximum atomic E-state index is 13.1. The Morgan fingerprint density at radius 3 is 2.17 bits per heavy atom. The van der Waals surface area contributed by atoms with Crippen molar-refractivity contribution in [2.45, 2.75) is 24.3 Å². The molecule has 1 atom stereocenters. The monoisotopic (exact) mass is 427 g/mol. The van der Waals surface area contributed by atoms with Crippen molar-refractivity contribution in [1.29, 1.82) is 0 Å². The Labute approximate surface area is 179 Å². The summed E-state index contributed by atoms with van der Waals surface area (Å²) < 4.78 is 27.4. The molecule has 2 saturated heterocycles. The van der Waals surface area contributed by atoms with E-state index in [4.69, 9.17) is 0 Å². The molecule has 0 aromatic heterocycles. The van der Waals surface area contributed by atoms with Crippen LogP contribution in [0.25, 0.3) is 0 Å². The number of benzene rings is 2. The Morgan fingerprint density at radius 2 is 1.50 bits per heavy atom. The Balaban J connectivity index is 1.34. The lowest BCUT2D eigenvalue weighted by atomic mass is 9.97. The van der Waals surface area contributed by atoms with E-state index in [9.17, 15) is 13.2 Å². The molecular formula is C23H29N3O3S. The highest BCUT2D eigenvalue weighted by molar-refractivity contribution is 7.89. The summed E-state index contributed by atoms with van der Waals surface area (Å²) in [7, 11) is -3.55. The first-order valence-electron chi connectivity index (χ1n) is 10.6. The van der Waals surface area contributed by atoms with E-state index in [0.29, 0.717) is 24.5 Å². The summed E-state index contributed by atoms with van der Waals surface area (Å²) in [5.74, 6) is -0.153. The number of carbonyl (C=O) groups is 1. The fourth-order valence-electron chi connectivity index (χ4n) is 4.33. The van der Waals surface area contributed by atoms with Crippen LogP contribution < -0.4 is 0 Å². The summed E-state index contributed by atoms with van der Waals surface area (Å²) in [6, 6.07) is 18.9. The second-order valence-electron chi connectivity index (χ2n) is 8.10. The zero-order chi connectivity index (χ0) is 21.0. The molecule has 6 nitrogen and oxygen atoms in total. The molecule has 0 N–H and O–H groups in total. The number of hydrogen-bond acceptors (Lipinski definition) is 4. The molecule has 0 aliphatic carbocycles. The smallest absolute Gasteiger partial charge is 0.243 e. The minimum absolute atomic E-state index is 0.0994. The van der Waals surface area contributed by atoms with Crippen molar-refractivity contribution in [2.24, 2.45) is 5.92 Å². The van der Waals surface area contributed by atoms with Gasteiger partial charge < -0.3 is 4.90 Å². The van der Waals surface area contributed by atoms with Crippen molar-refractivity contribution >= 4 is 15.9 Å². The van der Waals surface area contributed by atoms with Crippen LogP contribution in [0.1, 0.15) is 18.4 Å². The first-order chi connectivity index (χ1) is 14.5. The Kier molecular flexibility index (Phi) is 6.51. The van der Waals surface area contributed by atoms with E-state index in [2.05, 4.69) is 17.0 Å². The minimum Gasteiger partial charge on any atom is -0.340 e. The maximum Gasteiger partial charge on any atom is 0.243 e. The average Bonchev–Trinajstić information content (AvgIpc) is 2.80. The summed E-state index contributed by atoms with van der Waals surface area (Å²) in [5.41, 5.74) is 1.28.